The lowest BCUT2D eigenvalue weighted by atomic mass is 10.0. The van der Waals surface area contributed by atoms with Gasteiger partial charge < -0.3 is 10.4 Å². The third-order valence-electron chi connectivity index (χ3n) is 3.09. The van der Waals surface area contributed by atoms with Crippen LogP contribution in [0.2, 0.25) is 5.02 Å². The smallest absolute Gasteiger partial charge is 0.147 e. The Morgan fingerprint density at radius 1 is 1.38 bits per heavy atom. The van der Waals surface area contributed by atoms with Crippen LogP contribution in [0.25, 0.3) is 0 Å². The average molecular weight is 244 g/mol. The molecule has 1 aromatic rings. The Kier molecular flexibility index (Phi) is 3.36. The zero-order valence-corrected chi connectivity index (χ0v) is 9.73. The summed E-state index contributed by atoms with van der Waals surface area (Å²) in [5, 5.41) is 13.4. The molecule has 0 atom stereocenters. The van der Waals surface area contributed by atoms with E-state index in [0.717, 1.165) is 25.7 Å². The molecule has 0 saturated heterocycles. The van der Waals surface area contributed by atoms with Crippen molar-refractivity contribution in [1.29, 1.82) is 0 Å². The van der Waals surface area contributed by atoms with Gasteiger partial charge in [0.05, 0.1) is 16.3 Å². The molecule has 0 bridgehead atoms. The molecule has 2 nitrogen and oxygen atoms in total. The normalized spacial score (nSPS) is 18.7. The second kappa shape index (κ2) is 4.60. The number of anilines is 1. The molecule has 1 saturated carbocycles. The van der Waals surface area contributed by atoms with E-state index in [1.807, 2.05) is 0 Å². The van der Waals surface area contributed by atoms with Gasteiger partial charge in [-0.15, -0.1) is 0 Å². The SMILES string of the molecule is OC1(CNc2c(F)cccc2Cl)CCCC1. The fourth-order valence-corrected chi connectivity index (χ4v) is 2.36. The molecule has 1 aromatic carbocycles. The fourth-order valence-electron chi connectivity index (χ4n) is 2.13. The standard InChI is InChI=1S/C12H15ClFNO/c13-9-4-3-5-10(14)11(9)15-8-12(16)6-1-2-7-12/h3-5,15-16H,1-2,6-8H2. The number of hydrogen-bond acceptors (Lipinski definition) is 2. The van der Waals surface area contributed by atoms with Crippen molar-refractivity contribution < 1.29 is 9.50 Å². The van der Waals surface area contributed by atoms with E-state index in [9.17, 15) is 9.50 Å². The van der Waals surface area contributed by atoms with Crippen molar-refractivity contribution in [2.45, 2.75) is 31.3 Å². The van der Waals surface area contributed by atoms with Crippen LogP contribution in [0.5, 0.6) is 0 Å². The summed E-state index contributed by atoms with van der Waals surface area (Å²) < 4.78 is 13.4. The van der Waals surface area contributed by atoms with E-state index in [1.54, 1.807) is 12.1 Å². The van der Waals surface area contributed by atoms with Crippen molar-refractivity contribution in [3.63, 3.8) is 0 Å². The van der Waals surface area contributed by atoms with Gasteiger partial charge in [0.15, 0.2) is 0 Å². The Bertz CT molecular complexity index is 357. The summed E-state index contributed by atoms with van der Waals surface area (Å²) in [4.78, 5) is 0. The van der Waals surface area contributed by atoms with E-state index >= 15 is 0 Å². The second-order valence-corrected chi connectivity index (χ2v) is 4.79. The van der Waals surface area contributed by atoms with E-state index in [4.69, 9.17) is 11.6 Å². The third-order valence-corrected chi connectivity index (χ3v) is 3.41. The average Bonchev–Trinajstić information content (AvgIpc) is 2.65. The molecule has 0 spiro atoms. The number of halogens is 2. The number of rotatable bonds is 3. The molecule has 2 N–H and O–H groups in total. The van der Waals surface area contributed by atoms with Gasteiger partial charge in [-0.1, -0.05) is 30.5 Å². The predicted molar refractivity (Wildman–Crippen MR) is 63.3 cm³/mol. The van der Waals surface area contributed by atoms with E-state index in [1.165, 1.54) is 6.07 Å². The zero-order chi connectivity index (χ0) is 11.6. The summed E-state index contributed by atoms with van der Waals surface area (Å²) in [7, 11) is 0. The number of aliphatic hydroxyl groups is 1. The Morgan fingerprint density at radius 3 is 2.69 bits per heavy atom. The fraction of sp³-hybridized carbons (Fsp3) is 0.500. The highest BCUT2D eigenvalue weighted by Gasteiger charge is 2.31. The molecule has 88 valence electrons. The van der Waals surface area contributed by atoms with E-state index in [-0.39, 0.29) is 11.5 Å². The zero-order valence-electron chi connectivity index (χ0n) is 8.97. The number of benzene rings is 1. The van der Waals surface area contributed by atoms with E-state index in [2.05, 4.69) is 5.32 Å². The number of nitrogens with one attached hydrogen (secondary N) is 1. The molecule has 0 aromatic heterocycles. The summed E-state index contributed by atoms with van der Waals surface area (Å²) in [5.74, 6) is -0.380. The highest BCUT2D eigenvalue weighted by Crippen LogP contribution is 2.31. The van der Waals surface area contributed by atoms with Crippen molar-refractivity contribution in [3.05, 3.63) is 29.0 Å². The molecule has 2 rings (SSSR count). The molecule has 1 aliphatic carbocycles. The summed E-state index contributed by atoms with van der Waals surface area (Å²) >= 11 is 5.88. The first kappa shape index (κ1) is 11.7. The van der Waals surface area contributed by atoms with Gasteiger partial charge in [-0.2, -0.15) is 0 Å². The lowest BCUT2D eigenvalue weighted by molar-refractivity contribution is 0.0614. The number of para-hydroxylation sites is 1. The Morgan fingerprint density at radius 2 is 2.06 bits per heavy atom. The maximum atomic E-state index is 13.4. The van der Waals surface area contributed by atoms with Crippen LogP contribution in [0.3, 0.4) is 0 Å². The Balaban J connectivity index is 2.04. The highest BCUT2D eigenvalue weighted by atomic mass is 35.5. The third kappa shape index (κ3) is 2.47. The summed E-state index contributed by atoms with van der Waals surface area (Å²) in [6, 6.07) is 4.55. The van der Waals surface area contributed by atoms with E-state index < -0.39 is 5.60 Å². The summed E-state index contributed by atoms with van der Waals surface area (Å²) in [6.07, 6.45) is 3.60. The van der Waals surface area contributed by atoms with Crippen LogP contribution in [0.1, 0.15) is 25.7 Å². The van der Waals surface area contributed by atoms with Gasteiger partial charge in [-0.05, 0) is 25.0 Å². The van der Waals surface area contributed by atoms with Gasteiger partial charge in [0.1, 0.15) is 5.82 Å². The lowest BCUT2D eigenvalue weighted by Gasteiger charge is -2.23. The minimum Gasteiger partial charge on any atom is -0.388 e. The van der Waals surface area contributed by atoms with Gasteiger partial charge in [0.25, 0.3) is 0 Å². The minimum atomic E-state index is -0.703. The summed E-state index contributed by atoms with van der Waals surface area (Å²) in [6.45, 7) is 0.355. The largest absolute Gasteiger partial charge is 0.388 e. The van der Waals surface area contributed by atoms with Crippen molar-refractivity contribution in [2.24, 2.45) is 0 Å². The van der Waals surface area contributed by atoms with Gasteiger partial charge >= 0.3 is 0 Å². The monoisotopic (exact) mass is 243 g/mol. The van der Waals surface area contributed by atoms with Gasteiger partial charge in [0, 0.05) is 6.54 Å². The van der Waals surface area contributed by atoms with Crippen molar-refractivity contribution in [3.8, 4) is 0 Å². The molecule has 4 heteroatoms. The van der Waals surface area contributed by atoms with Crippen LogP contribution in [0, 0.1) is 5.82 Å². The predicted octanol–water partition coefficient (Wildman–Crippen LogP) is 3.20. The van der Waals surface area contributed by atoms with Crippen molar-refractivity contribution in [1.82, 2.24) is 0 Å². The molecule has 1 aliphatic rings. The highest BCUT2D eigenvalue weighted by molar-refractivity contribution is 6.33. The maximum absolute atomic E-state index is 13.4. The molecule has 16 heavy (non-hydrogen) atoms. The van der Waals surface area contributed by atoms with Crippen LogP contribution in [0.4, 0.5) is 10.1 Å². The van der Waals surface area contributed by atoms with Crippen LogP contribution in [0.15, 0.2) is 18.2 Å². The topological polar surface area (TPSA) is 32.3 Å². The maximum Gasteiger partial charge on any atom is 0.147 e. The molecule has 0 radical (unpaired) electrons. The molecule has 0 heterocycles. The lowest BCUT2D eigenvalue weighted by Crippen LogP contribution is -2.33. The molecule has 0 amide bonds. The van der Waals surface area contributed by atoms with Gasteiger partial charge in [-0.25, -0.2) is 4.39 Å². The van der Waals surface area contributed by atoms with Crippen molar-refractivity contribution in [2.75, 3.05) is 11.9 Å². The Hall–Kier alpha value is -0.800. The first-order chi connectivity index (χ1) is 7.61. The van der Waals surface area contributed by atoms with Crippen LogP contribution < -0.4 is 5.32 Å². The molecule has 1 fully saturated rings. The first-order valence-corrected chi connectivity index (χ1v) is 5.89. The van der Waals surface area contributed by atoms with Crippen LogP contribution in [-0.4, -0.2) is 17.3 Å². The number of hydrogen-bond donors (Lipinski definition) is 2. The molecular formula is C12H15ClFNO. The van der Waals surface area contributed by atoms with Crippen LogP contribution in [-0.2, 0) is 0 Å². The second-order valence-electron chi connectivity index (χ2n) is 4.38. The molecule has 0 aliphatic heterocycles. The molecular weight excluding hydrogens is 229 g/mol. The van der Waals surface area contributed by atoms with E-state index in [0.29, 0.717) is 11.6 Å². The summed E-state index contributed by atoms with van der Waals surface area (Å²) in [5.41, 5.74) is -0.421. The van der Waals surface area contributed by atoms with Crippen LogP contribution >= 0.6 is 11.6 Å². The minimum absolute atomic E-state index is 0.282. The van der Waals surface area contributed by atoms with Crippen molar-refractivity contribution >= 4 is 17.3 Å². The van der Waals surface area contributed by atoms with Gasteiger partial charge in [-0.3, -0.25) is 0 Å². The quantitative estimate of drug-likeness (QED) is 0.855. The van der Waals surface area contributed by atoms with Gasteiger partial charge in [0.2, 0.25) is 0 Å². The first-order valence-electron chi connectivity index (χ1n) is 5.51. The Labute approximate surface area is 99.4 Å². The molecule has 0 unspecified atom stereocenters.